The van der Waals surface area contributed by atoms with E-state index in [0.717, 1.165) is 12.7 Å². The Morgan fingerprint density at radius 2 is 1.82 bits per heavy atom. The van der Waals surface area contributed by atoms with E-state index in [0.29, 0.717) is 12.0 Å². The highest BCUT2D eigenvalue weighted by Crippen LogP contribution is 2.32. The summed E-state index contributed by atoms with van der Waals surface area (Å²) in [7, 11) is 1.14. The van der Waals surface area contributed by atoms with Crippen LogP contribution in [-0.2, 0) is 20.7 Å². The Bertz CT molecular complexity index is 1200. The Balaban J connectivity index is 1.99. The van der Waals surface area contributed by atoms with Gasteiger partial charge in [0, 0.05) is 11.6 Å². The fraction of sp³-hybridized carbons (Fsp3) is 0.217. The SMILES string of the molecule is CCOC(=O)CNNC(=O)c1cc(C(=O)OC)c(O)c2ncc(Cc3ccc(F)cc3)cc12. The average Bonchev–Trinajstić information content (AvgIpc) is 2.80. The lowest BCUT2D eigenvalue weighted by Gasteiger charge is -2.13. The molecule has 0 saturated heterocycles. The number of benzene rings is 2. The zero-order valence-corrected chi connectivity index (χ0v) is 18.0. The fourth-order valence-corrected chi connectivity index (χ4v) is 3.18. The Hall–Kier alpha value is -4.05. The largest absolute Gasteiger partial charge is 0.505 e. The molecule has 0 bridgehead atoms. The van der Waals surface area contributed by atoms with Crippen molar-refractivity contribution in [2.75, 3.05) is 20.3 Å². The second kappa shape index (κ2) is 10.5. The number of ether oxygens (including phenoxy) is 2. The number of hydrogen-bond donors (Lipinski definition) is 3. The third-order valence-corrected chi connectivity index (χ3v) is 4.71. The molecule has 1 amide bonds. The normalized spacial score (nSPS) is 10.6. The van der Waals surface area contributed by atoms with Gasteiger partial charge in [0.1, 0.15) is 23.4 Å². The molecule has 0 atom stereocenters. The summed E-state index contributed by atoms with van der Waals surface area (Å²) in [4.78, 5) is 40.7. The first kappa shape index (κ1) is 23.6. The predicted octanol–water partition coefficient (Wildman–Crippen LogP) is 2.25. The quantitative estimate of drug-likeness (QED) is 0.349. The van der Waals surface area contributed by atoms with E-state index in [1.54, 1.807) is 25.1 Å². The molecule has 9 nitrogen and oxygen atoms in total. The predicted molar refractivity (Wildman–Crippen MR) is 116 cm³/mol. The maximum absolute atomic E-state index is 13.2. The molecule has 33 heavy (non-hydrogen) atoms. The Labute approximate surface area is 188 Å². The van der Waals surface area contributed by atoms with Crippen molar-refractivity contribution in [1.82, 2.24) is 15.8 Å². The van der Waals surface area contributed by atoms with Crippen molar-refractivity contribution in [1.29, 1.82) is 0 Å². The standard InChI is InChI=1S/C23H22FN3O6/c1-3-33-19(28)12-26-27-22(30)17-10-18(23(31)32-2)21(29)20-16(17)9-14(11-25-20)8-13-4-6-15(24)7-5-13/h4-7,9-11,26,29H,3,8,12H2,1-2H3,(H,27,30). The highest BCUT2D eigenvalue weighted by molar-refractivity contribution is 6.11. The van der Waals surface area contributed by atoms with Gasteiger partial charge in [-0.2, -0.15) is 0 Å². The molecule has 3 rings (SSSR count). The van der Waals surface area contributed by atoms with Crippen molar-refractivity contribution in [2.45, 2.75) is 13.3 Å². The number of pyridine rings is 1. The number of rotatable bonds is 8. The molecule has 172 valence electrons. The van der Waals surface area contributed by atoms with E-state index in [4.69, 9.17) is 4.74 Å². The summed E-state index contributed by atoms with van der Waals surface area (Å²) in [6.07, 6.45) is 1.89. The van der Waals surface area contributed by atoms with E-state index < -0.39 is 23.6 Å². The number of phenolic OH excluding ortho intramolecular Hbond substituents is 1. The Kier molecular flexibility index (Phi) is 7.52. The number of fused-ring (bicyclic) bond motifs is 1. The van der Waals surface area contributed by atoms with Gasteiger partial charge in [0.2, 0.25) is 0 Å². The molecule has 0 radical (unpaired) electrons. The lowest BCUT2D eigenvalue weighted by Crippen LogP contribution is -2.41. The number of esters is 2. The number of methoxy groups -OCH3 is 1. The van der Waals surface area contributed by atoms with Gasteiger partial charge in [-0.25, -0.2) is 14.6 Å². The number of nitrogens with zero attached hydrogens (tertiary/aromatic N) is 1. The minimum atomic E-state index is -0.847. The third kappa shape index (κ3) is 5.60. The van der Waals surface area contributed by atoms with Crippen LogP contribution in [0, 0.1) is 5.82 Å². The smallest absolute Gasteiger partial charge is 0.341 e. The van der Waals surface area contributed by atoms with Gasteiger partial charge in [-0.15, -0.1) is 0 Å². The number of carbonyl (C=O) groups is 3. The van der Waals surface area contributed by atoms with Crippen LogP contribution in [0.15, 0.2) is 42.6 Å². The van der Waals surface area contributed by atoms with Gasteiger partial charge in [-0.1, -0.05) is 12.1 Å². The first-order chi connectivity index (χ1) is 15.8. The van der Waals surface area contributed by atoms with E-state index >= 15 is 0 Å². The monoisotopic (exact) mass is 455 g/mol. The summed E-state index contributed by atoms with van der Waals surface area (Å²) >= 11 is 0. The van der Waals surface area contributed by atoms with Crippen molar-refractivity contribution < 1.29 is 33.4 Å². The first-order valence-corrected chi connectivity index (χ1v) is 10.00. The van der Waals surface area contributed by atoms with Crippen molar-refractivity contribution in [2.24, 2.45) is 0 Å². The van der Waals surface area contributed by atoms with Gasteiger partial charge in [-0.05, 0) is 48.7 Å². The lowest BCUT2D eigenvalue weighted by atomic mass is 9.99. The van der Waals surface area contributed by atoms with Crippen LogP contribution in [0.25, 0.3) is 10.9 Å². The van der Waals surface area contributed by atoms with E-state index in [1.807, 2.05) is 0 Å². The molecule has 0 aliphatic heterocycles. The molecule has 0 aliphatic carbocycles. The Morgan fingerprint density at radius 1 is 1.09 bits per heavy atom. The van der Waals surface area contributed by atoms with Gasteiger partial charge >= 0.3 is 11.9 Å². The van der Waals surface area contributed by atoms with Crippen molar-refractivity contribution in [3.05, 3.63) is 70.7 Å². The summed E-state index contributed by atoms with van der Waals surface area (Å²) in [5.41, 5.74) is 6.14. The van der Waals surface area contributed by atoms with E-state index in [9.17, 15) is 23.9 Å². The van der Waals surface area contributed by atoms with Gasteiger partial charge in [0.05, 0.1) is 19.3 Å². The molecule has 0 spiro atoms. The number of aromatic nitrogens is 1. The minimum absolute atomic E-state index is 0.0213. The van der Waals surface area contributed by atoms with Crippen LogP contribution in [0.2, 0.25) is 0 Å². The number of amides is 1. The molecule has 0 saturated carbocycles. The Morgan fingerprint density at radius 3 is 2.48 bits per heavy atom. The molecule has 10 heteroatoms. The number of carbonyl (C=O) groups excluding carboxylic acids is 3. The topological polar surface area (TPSA) is 127 Å². The number of halogens is 1. The van der Waals surface area contributed by atoms with Crippen molar-refractivity contribution >= 4 is 28.7 Å². The summed E-state index contributed by atoms with van der Waals surface area (Å²) in [5, 5.41) is 10.8. The molecule has 3 N–H and O–H groups in total. The summed E-state index contributed by atoms with van der Waals surface area (Å²) in [5.74, 6) is -2.87. The molecule has 3 aromatic rings. The average molecular weight is 455 g/mol. The number of phenols is 1. The van der Waals surface area contributed by atoms with Crippen LogP contribution in [-0.4, -0.2) is 48.2 Å². The zero-order valence-electron chi connectivity index (χ0n) is 18.0. The second-order valence-corrected chi connectivity index (χ2v) is 6.97. The molecule has 0 aliphatic rings. The van der Waals surface area contributed by atoms with Gasteiger partial charge < -0.3 is 14.6 Å². The molecular weight excluding hydrogens is 433 g/mol. The zero-order chi connectivity index (χ0) is 24.0. The maximum atomic E-state index is 13.2. The van der Waals surface area contributed by atoms with Crippen LogP contribution < -0.4 is 10.9 Å². The maximum Gasteiger partial charge on any atom is 0.341 e. The lowest BCUT2D eigenvalue weighted by molar-refractivity contribution is -0.142. The van der Waals surface area contributed by atoms with Crippen LogP contribution in [0.1, 0.15) is 38.8 Å². The van der Waals surface area contributed by atoms with Crippen molar-refractivity contribution in [3.63, 3.8) is 0 Å². The number of aromatic hydroxyl groups is 1. The minimum Gasteiger partial charge on any atom is -0.505 e. The number of hydrogen-bond acceptors (Lipinski definition) is 8. The van der Waals surface area contributed by atoms with E-state index in [2.05, 4.69) is 20.6 Å². The van der Waals surface area contributed by atoms with E-state index in [1.165, 1.54) is 24.4 Å². The summed E-state index contributed by atoms with van der Waals surface area (Å²) < 4.78 is 22.7. The number of hydrazine groups is 1. The molecule has 1 heterocycles. The van der Waals surface area contributed by atoms with Gasteiger partial charge in [-0.3, -0.25) is 20.0 Å². The highest BCUT2D eigenvalue weighted by Gasteiger charge is 2.22. The summed E-state index contributed by atoms with van der Waals surface area (Å²) in [6.45, 7) is 1.58. The molecular formula is C23H22FN3O6. The van der Waals surface area contributed by atoms with E-state index in [-0.39, 0.29) is 41.0 Å². The second-order valence-electron chi connectivity index (χ2n) is 6.97. The van der Waals surface area contributed by atoms with Crippen LogP contribution in [0.5, 0.6) is 5.75 Å². The first-order valence-electron chi connectivity index (χ1n) is 10.00. The van der Waals surface area contributed by atoms with Crippen LogP contribution in [0.3, 0.4) is 0 Å². The van der Waals surface area contributed by atoms with Crippen molar-refractivity contribution in [3.8, 4) is 5.75 Å². The third-order valence-electron chi connectivity index (χ3n) is 4.71. The molecule has 1 aromatic heterocycles. The number of nitrogens with one attached hydrogen (secondary N) is 2. The molecule has 2 aromatic carbocycles. The van der Waals surface area contributed by atoms with Gasteiger partial charge in [0.15, 0.2) is 5.75 Å². The fourth-order valence-electron chi connectivity index (χ4n) is 3.18. The summed E-state index contributed by atoms with van der Waals surface area (Å²) in [6, 6.07) is 8.77. The molecule has 0 fully saturated rings. The highest BCUT2D eigenvalue weighted by atomic mass is 19.1. The van der Waals surface area contributed by atoms with Crippen LogP contribution >= 0.6 is 0 Å². The van der Waals surface area contributed by atoms with Gasteiger partial charge in [0.25, 0.3) is 5.91 Å². The van der Waals surface area contributed by atoms with Crippen LogP contribution in [0.4, 0.5) is 4.39 Å². The molecule has 0 unspecified atom stereocenters.